The largest absolute Gasteiger partial charge is 0.493 e. The molecule has 1 aromatic rings. The molecule has 1 aliphatic rings. The summed E-state index contributed by atoms with van der Waals surface area (Å²) in [5.74, 6) is 0.673. The van der Waals surface area contributed by atoms with Crippen LogP contribution < -0.4 is 10.1 Å². The van der Waals surface area contributed by atoms with Crippen LogP contribution in [0, 0.1) is 13.8 Å². The molecule has 1 aromatic carbocycles. The van der Waals surface area contributed by atoms with Crippen LogP contribution in [0.2, 0.25) is 0 Å². The molecule has 0 radical (unpaired) electrons. The minimum absolute atomic E-state index is 0.207. The minimum Gasteiger partial charge on any atom is -0.493 e. The van der Waals surface area contributed by atoms with Crippen molar-refractivity contribution in [2.75, 3.05) is 13.7 Å². The summed E-state index contributed by atoms with van der Waals surface area (Å²) in [6.45, 7) is 4.59. The van der Waals surface area contributed by atoms with Crippen LogP contribution in [0.25, 0.3) is 0 Å². The lowest BCUT2D eigenvalue weighted by Crippen LogP contribution is -2.40. The Hall–Kier alpha value is -1.55. The first-order valence-corrected chi connectivity index (χ1v) is 7.14. The van der Waals surface area contributed by atoms with Crippen LogP contribution in [0.15, 0.2) is 18.2 Å². The average molecular weight is 277 g/mol. The minimum atomic E-state index is -0.266. The highest BCUT2D eigenvalue weighted by Crippen LogP contribution is 2.21. The molecule has 0 bridgehead atoms. The van der Waals surface area contributed by atoms with Gasteiger partial charge in [0.1, 0.15) is 11.8 Å². The zero-order valence-electron chi connectivity index (χ0n) is 12.4. The fraction of sp³-hybridized carbons (Fsp3) is 0.562. The Bertz CT molecular complexity index is 469. The van der Waals surface area contributed by atoms with Crippen molar-refractivity contribution in [3.05, 3.63) is 29.3 Å². The number of ether oxygens (including phenoxy) is 2. The number of rotatable bonds is 7. The van der Waals surface area contributed by atoms with Gasteiger partial charge in [-0.05, 0) is 38.3 Å². The van der Waals surface area contributed by atoms with Crippen molar-refractivity contribution in [1.82, 2.24) is 5.32 Å². The maximum absolute atomic E-state index is 11.7. The highest BCUT2D eigenvalue weighted by Gasteiger charge is 2.28. The fourth-order valence-electron chi connectivity index (χ4n) is 2.19. The standard InChI is InChI=1S/C16H23NO3/c1-11-4-7-15(12(2)10-11)20-9-8-14(16(18)19-3)17-13-5-6-13/h4,7,10,13-14,17H,5-6,8-9H2,1-3H3. The first-order valence-electron chi connectivity index (χ1n) is 7.14. The van der Waals surface area contributed by atoms with Crippen LogP contribution in [0.5, 0.6) is 5.75 Å². The van der Waals surface area contributed by atoms with Crippen LogP contribution >= 0.6 is 0 Å². The van der Waals surface area contributed by atoms with E-state index in [1.54, 1.807) is 0 Å². The van der Waals surface area contributed by atoms with Crippen molar-refractivity contribution < 1.29 is 14.3 Å². The molecular weight excluding hydrogens is 254 g/mol. The first kappa shape index (κ1) is 14.9. The van der Waals surface area contributed by atoms with Gasteiger partial charge in [0.25, 0.3) is 0 Å². The van der Waals surface area contributed by atoms with Crippen molar-refractivity contribution in [2.24, 2.45) is 0 Å². The summed E-state index contributed by atoms with van der Waals surface area (Å²) < 4.78 is 10.6. The molecule has 1 fully saturated rings. The Morgan fingerprint density at radius 3 is 2.75 bits per heavy atom. The molecule has 1 unspecified atom stereocenters. The van der Waals surface area contributed by atoms with Gasteiger partial charge in [-0.1, -0.05) is 17.7 Å². The van der Waals surface area contributed by atoms with E-state index in [0.717, 1.165) is 24.2 Å². The number of carbonyl (C=O) groups excluding carboxylic acids is 1. The fourth-order valence-corrected chi connectivity index (χ4v) is 2.19. The van der Waals surface area contributed by atoms with E-state index >= 15 is 0 Å². The predicted molar refractivity (Wildman–Crippen MR) is 78.0 cm³/mol. The Labute approximate surface area is 120 Å². The molecule has 0 saturated heterocycles. The highest BCUT2D eigenvalue weighted by atomic mass is 16.5. The molecule has 4 nitrogen and oxygen atoms in total. The van der Waals surface area contributed by atoms with E-state index in [-0.39, 0.29) is 12.0 Å². The smallest absolute Gasteiger partial charge is 0.322 e. The third-order valence-electron chi connectivity index (χ3n) is 3.49. The Morgan fingerprint density at radius 2 is 2.15 bits per heavy atom. The van der Waals surface area contributed by atoms with Gasteiger partial charge in [-0.3, -0.25) is 4.79 Å². The third kappa shape index (κ3) is 4.23. The normalized spacial score (nSPS) is 15.8. The number of nitrogens with one attached hydrogen (secondary N) is 1. The average Bonchev–Trinajstić information content (AvgIpc) is 3.23. The van der Waals surface area contributed by atoms with Crippen molar-refractivity contribution in [1.29, 1.82) is 0 Å². The molecule has 110 valence electrons. The van der Waals surface area contributed by atoms with Crippen LogP contribution in [0.3, 0.4) is 0 Å². The van der Waals surface area contributed by atoms with E-state index in [0.29, 0.717) is 19.1 Å². The molecule has 1 atom stereocenters. The molecular formula is C16H23NO3. The summed E-state index contributed by atoms with van der Waals surface area (Å²) in [4.78, 5) is 11.7. The van der Waals surface area contributed by atoms with E-state index in [2.05, 4.69) is 18.3 Å². The second-order valence-electron chi connectivity index (χ2n) is 5.42. The van der Waals surface area contributed by atoms with Crippen LogP contribution in [0.4, 0.5) is 0 Å². The lowest BCUT2D eigenvalue weighted by atomic mass is 10.1. The highest BCUT2D eigenvalue weighted by molar-refractivity contribution is 5.75. The van der Waals surface area contributed by atoms with Crippen LogP contribution in [-0.2, 0) is 9.53 Å². The molecule has 0 aliphatic heterocycles. The molecule has 0 aromatic heterocycles. The molecule has 2 rings (SSSR count). The lowest BCUT2D eigenvalue weighted by Gasteiger charge is -2.17. The summed E-state index contributed by atoms with van der Waals surface area (Å²) in [6.07, 6.45) is 2.91. The number of esters is 1. The van der Waals surface area contributed by atoms with Gasteiger partial charge in [-0.2, -0.15) is 0 Å². The quantitative estimate of drug-likeness (QED) is 0.777. The molecule has 0 spiro atoms. The number of benzene rings is 1. The monoisotopic (exact) mass is 277 g/mol. The predicted octanol–water partition coefficient (Wildman–Crippen LogP) is 2.37. The van der Waals surface area contributed by atoms with Crippen LogP contribution in [-0.4, -0.2) is 31.8 Å². The summed E-state index contributed by atoms with van der Waals surface area (Å²) in [5.41, 5.74) is 2.34. The maximum Gasteiger partial charge on any atom is 0.322 e. The summed E-state index contributed by atoms with van der Waals surface area (Å²) in [5, 5.41) is 3.30. The van der Waals surface area contributed by atoms with E-state index in [1.165, 1.54) is 12.7 Å². The number of carbonyl (C=O) groups is 1. The Kier molecular flexibility index (Phi) is 5.01. The first-order chi connectivity index (χ1) is 9.60. The molecule has 20 heavy (non-hydrogen) atoms. The van der Waals surface area contributed by atoms with Gasteiger partial charge >= 0.3 is 5.97 Å². The van der Waals surface area contributed by atoms with Crippen LogP contribution in [0.1, 0.15) is 30.4 Å². The molecule has 4 heteroatoms. The van der Waals surface area contributed by atoms with Gasteiger partial charge < -0.3 is 14.8 Å². The van der Waals surface area contributed by atoms with E-state index in [1.807, 2.05) is 19.1 Å². The van der Waals surface area contributed by atoms with Crippen molar-refractivity contribution >= 4 is 5.97 Å². The topological polar surface area (TPSA) is 47.6 Å². The van der Waals surface area contributed by atoms with Gasteiger partial charge in [0.05, 0.1) is 13.7 Å². The molecule has 0 heterocycles. The lowest BCUT2D eigenvalue weighted by molar-refractivity contribution is -0.143. The Morgan fingerprint density at radius 1 is 1.40 bits per heavy atom. The zero-order valence-corrected chi connectivity index (χ0v) is 12.4. The van der Waals surface area contributed by atoms with E-state index < -0.39 is 0 Å². The van der Waals surface area contributed by atoms with Crippen molar-refractivity contribution in [3.63, 3.8) is 0 Å². The Balaban J connectivity index is 1.84. The number of aryl methyl sites for hydroxylation is 2. The van der Waals surface area contributed by atoms with Gasteiger partial charge in [0, 0.05) is 12.5 Å². The summed E-state index contributed by atoms with van der Waals surface area (Å²) >= 11 is 0. The third-order valence-corrected chi connectivity index (χ3v) is 3.49. The van der Waals surface area contributed by atoms with Gasteiger partial charge in [-0.25, -0.2) is 0 Å². The summed E-state index contributed by atoms with van der Waals surface area (Å²) in [7, 11) is 1.43. The second kappa shape index (κ2) is 6.75. The van der Waals surface area contributed by atoms with E-state index in [9.17, 15) is 4.79 Å². The van der Waals surface area contributed by atoms with Gasteiger partial charge in [-0.15, -0.1) is 0 Å². The zero-order chi connectivity index (χ0) is 14.5. The molecule has 1 aliphatic carbocycles. The van der Waals surface area contributed by atoms with Crippen molar-refractivity contribution in [3.8, 4) is 5.75 Å². The van der Waals surface area contributed by atoms with Gasteiger partial charge in [0.15, 0.2) is 0 Å². The molecule has 1 saturated carbocycles. The number of hydrogen-bond donors (Lipinski definition) is 1. The molecule has 1 N–H and O–H groups in total. The maximum atomic E-state index is 11.7. The number of hydrogen-bond acceptors (Lipinski definition) is 4. The second-order valence-corrected chi connectivity index (χ2v) is 5.42. The van der Waals surface area contributed by atoms with Gasteiger partial charge in [0.2, 0.25) is 0 Å². The number of methoxy groups -OCH3 is 1. The van der Waals surface area contributed by atoms with E-state index in [4.69, 9.17) is 9.47 Å². The molecule has 0 amide bonds. The summed E-state index contributed by atoms with van der Waals surface area (Å²) in [6, 6.07) is 6.31. The van der Waals surface area contributed by atoms with Crippen molar-refractivity contribution in [2.45, 2.75) is 45.2 Å². The SMILES string of the molecule is COC(=O)C(CCOc1ccc(C)cc1C)NC1CC1.